The SMILES string of the molecule is [Cl-].[Cl-].[Cl-].[Cl-].[Cl-].[Cl-].[Cl-].[Cl-].[Cl-].[Cl-].[Mo].[Zr+4]. The van der Waals surface area contributed by atoms with Gasteiger partial charge in [-0.15, -0.1) is 0 Å². The van der Waals surface area contributed by atoms with E-state index in [-0.39, 0.29) is 171 Å². The molecule has 86 valence electrons. The van der Waals surface area contributed by atoms with Crippen LogP contribution in [0.3, 0.4) is 0 Å². The molecule has 0 radical (unpaired) electrons. The summed E-state index contributed by atoms with van der Waals surface area (Å²) < 4.78 is 0. The van der Waals surface area contributed by atoms with Gasteiger partial charge in [0.15, 0.2) is 0 Å². The first-order chi connectivity index (χ1) is 0. The van der Waals surface area contributed by atoms with Crippen LogP contribution in [0.25, 0.3) is 0 Å². The maximum atomic E-state index is 0. The van der Waals surface area contributed by atoms with Gasteiger partial charge in [-0.2, -0.15) is 0 Å². The summed E-state index contributed by atoms with van der Waals surface area (Å²) >= 11 is 0. The van der Waals surface area contributed by atoms with Crippen molar-refractivity contribution < 1.29 is 171 Å². The molecule has 0 amide bonds. The van der Waals surface area contributed by atoms with E-state index in [2.05, 4.69) is 0 Å². The summed E-state index contributed by atoms with van der Waals surface area (Å²) in [6, 6.07) is 0. The van der Waals surface area contributed by atoms with E-state index in [4.69, 9.17) is 0 Å². The number of hydrogen-bond acceptors (Lipinski definition) is 0. The van der Waals surface area contributed by atoms with Crippen LogP contribution >= 0.6 is 0 Å². The molecule has 0 saturated heterocycles. The molecular weight excluding hydrogens is 542 g/mol. The second kappa shape index (κ2) is 162. The van der Waals surface area contributed by atoms with Crippen molar-refractivity contribution in [1.82, 2.24) is 0 Å². The van der Waals surface area contributed by atoms with Crippen molar-refractivity contribution in [3.63, 3.8) is 0 Å². The first kappa shape index (κ1) is 197. The van der Waals surface area contributed by atoms with Crippen LogP contribution in [0.2, 0.25) is 0 Å². The Bertz CT molecular complexity index is 9.80. The van der Waals surface area contributed by atoms with Crippen molar-refractivity contribution in [1.29, 1.82) is 0 Å². The average Bonchev–Trinajstić information content (AvgIpc) is 0. The minimum atomic E-state index is 0. The summed E-state index contributed by atoms with van der Waals surface area (Å²) in [7, 11) is 0. The average molecular weight is 542 g/mol. The summed E-state index contributed by atoms with van der Waals surface area (Å²) in [6.07, 6.45) is 0. The molecule has 0 aromatic carbocycles. The Balaban J connectivity index is 0. The Kier molecular flexibility index (Phi) is 2660. The standard InChI is InChI=1S/10ClH.Mo.Zr/h10*1H;;/q;;;;;;;;;;;+4/p-10. The molecule has 0 aliphatic carbocycles. The Morgan fingerprint density at radius 2 is 0.250 bits per heavy atom. The predicted octanol–water partition coefficient (Wildman–Crippen LogP) is -30.0. The van der Waals surface area contributed by atoms with E-state index in [0.717, 1.165) is 0 Å². The van der Waals surface area contributed by atoms with E-state index in [0.29, 0.717) is 0 Å². The Hall–Kier alpha value is 4.47. The van der Waals surface area contributed by atoms with Crippen LogP contribution in [0, 0.1) is 0 Å². The fourth-order valence-electron chi connectivity index (χ4n) is 0. The van der Waals surface area contributed by atoms with Crippen LogP contribution in [-0.4, -0.2) is 0 Å². The Labute approximate surface area is 169 Å². The monoisotopic (exact) mass is 538 g/mol. The zero-order valence-corrected chi connectivity index (χ0v) is 16.7. The van der Waals surface area contributed by atoms with Gasteiger partial charge >= 0.3 is 26.2 Å². The summed E-state index contributed by atoms with van der Waals surface area (Å²) in [5.41, 5.74) is 0. The molecule has 0 nitrogen and oxygen atoms in total. The van der Waals surface area contributed by atoms with Gasteiger partial charge in [-0.1, -0.05) is 0 Å². The molecule has 0 unspecified atom stereocenters. The van der Waals surface area contributed by atoms with Gasteiger partial charge in [-0.05, 0) is 0 Å². The minimum absolute atomic E-state index is 0. The minimum Gasteiger partial charge on any atom is -1.00 e. The maximum Gasteiger partial charge on any atom is 4.00 e. The molecule has 0 heterocycles. The van der Waals surface area contributed by atoms with Gasteiger partial charge in [0, 0.05) is 21.1 Å². The molecule has 0 spiro atoms. The molecule has 12 heavy (non-hydrogen) atoms. The zero-order chi connectivity index (χ0) is 0. The van der Waals surface area contributed by atoms with Crippen molar-refractivity contribution >= 4 is 0 Å². The van der Waals surface area contributed by atoms with E-state index < -0.39 is 0 Å². The summed E-state index contributed by atoms with van der Waals surface area (Å²) in [6.45, 7) is 0. The third-order valence-corrected chi connectivity index (χ3v) is 0. The van der Waals surface area contributed by atoms with Crippen molar-refractivity contribution in [2.75, 3.05) is 0 Å². The van der Waals surface area contributed by atoms with Crippen molar-refractivity contribution in [3.05, 3.63) is 0 Å². The summed E-state index contributed by atoms with van der Waals surface area (Å²) in [5.74, 6) is 0. The molecule has 0 bridgehead atoms. The first-order valence-corrected chi connectivity index (χ1v) is 0. The fourth-order valence-corrected chi connectivity index (χ4v) is 0. The Morgan fingerprint density at radius 1 is 0.250 bits per heavy atom. The third-order valence-electron chi connectivity index (χ3n) is 0. The van der Waals surface area contributed by atoms with Crippen LogP contribution in [0.5, 0.6) is 0 Å². The maximum absolute atomic E-state index is 0. The second-order valence-corrected chi connectivity index (χ2v) is 0. The molecule has 0 aromatic rings. The van der Waals surface area contributed by atoms with Crippen molar-refractivity contribution in [3.8, 4) is 0 Å². The van der Waals surface area contributed by atoms with Gasteiger partial charge in [0.2, 0.25) is 0 Å². The van der Waals surface area contributed by atoms with Crippen LogP contribution < -0.4 is 124 Å². The van der Waals surface area contributed by atoms with E-state index >= 15 is 0 Å². The van der Waals surface area contributed by atoms with Crippen molar-refractivity contribution in [2.24, 2.45) is 0 Å². The van der Waals surface area contributed by atoms with Gasteiger partial charge in [0.25, 0.3) is 0 Å². The smallest absolute Gasteiger partial charge is 1.00 e. The third kappa shape index (κ3) is 131. The van der Waals surface area contributed by atoms with Crippen LogP contribution in [0.15, 0.2) is 0 Å². The largest absolute Gasteiger partial charge is 4.00 e. The molecule has 12 heteroatoms. The first-order valence-electron chi connectivity index (χ1n) is 0. The van der Waals surface area contributed by atoms with Crippen molar-refractivity contribution in [2.45, 2.75) is 0 Å². The van der Waals surface area contributed by atoms with E-state index in [1.54, 1.807) is 0 Å². The number of hydrogen-bond donors (Lipinski definition) is 0. The molecule has 0 N–H and O–H groups in total. The fraction of sp³-hybridized carbons (Fsp3) is 0. The van der Waals surface area contributed by atoms with Crippen LogP contribution in [-0.2, 0) is 47.3 Å². The summed E-state index contributed by atoms with van der Waals surface area (Å²) in [5, 5.41) is 0. The second-order valence-electron chi connectivity index (χ2n) is 0. The molecule has 0 aliphatic rings. The van der Waals surface area contributed by atoms with Crippen LogP contribution in [0.4, 0.5) is 0 Å². The normalized spacial score (nSPS) is 0. The summed E-state index contributed by atoms with van der Waals surface area (Å²) in [4.78, 5) is 0. The molecule has 0 aromatic heterocycles. The quantitative estimate of drug-likeness (QED) is 0.268. The molecular formula is Cl10MoZr-6. The predicted molar refractivity (Wildman–Crippen MR) is 0 cm³/mol. The molecule has 0 fully saturated rings. The van der Waals surface area contributed by atoms with Gasteiger partial charge in [0.05, 0.1) is 0 Å². The van der Waals surface area contributed by atoms with E-state index in [9.17, 15) is 0 Å². The van der Waals surface area contributed by atoms with Gasteiger partial charge in [-0.25, -0.2) is 0 Å². The molecule has 0 rings (SSSR count). The van der Waals surface area contributed by atoms with Crippen LogP contribution in [0.1, 0.15) is 0 Å². The zero-order valence-electron chi connectivity index (χ0n) is 4.69. The molecule has 0 aliphatic heterocycles. The van der Waals surface area contributed by atoms with E-state index in [1.807, 2.05) is 0 Å². The van der Waals surface area contributed by atoms with Gasteiger partial charge in [0.1, 0.15) is 0 Å². The molecule has 0 saturated carbocycles. The topological polar surface area (TPSA) is 0 Å². The molecule has 0 atom stereocenters. The Morgan fingerprint density at radius 3 is 0.250 bits per heavy atom. The number of rotatable bonds is 0. The van der Waals surface area contributed by atoms with Gasteiger partial charge in [-0.3, -0.25) is 0 Å². The van der Waals surface area contributed by atoms with E-state index in [1.165, 1.54) is 0 Å². The van der Waals surface area contributed by atoms with Gasteiger partial charge < -0.3 is 124 Å². The number of halogens is 10.